The maximum Gasteiger partial charge on any atom is 0.273 e. The van der Waals surface area contributed by atoms with E-state index < -0.39 is 10.5 Å². The number of aliphatic hydroxyl groups is 1. The molecule has 0 atom stereocenters. The molecule has 0 aliphatic rings. The van der Waals surface area contributed by atoms with Crippen LogP contribution in [0.25, 0.3) is 0 Å². The van der Waals surface area contributed by atoms with Crippen LogP contribution in [0.4, 0.5) is 5.69 Å². The Balaban J connectivity index is 2.89. The van der Waals surface area contributed by atoms with Crippen molar-refractivity contribution >= 4 is 17.3 Å². The standard InChI is InChI=1S/C12H17ClN2O3/c1-12(2,16)8-14(3)7-9-6-10(13)4-5-11(9)15(17)18/h4-6,16H,7-8H2,1-3H3. The number of nitrogens with zero attached hydrogens (tertiary/aromatic N) is 2. The Morgan fingerprint density at radius 1 is 1.50 bits per heavy atom. The van der Waals surface area contributed by atoms with Crippen LogP contribution in [-0.4, -0.2) is 34.1 Å². The number of hydrogen-bond acceptors (Lipinski definition) is 4. The third-order valence-corrected chi connectivity index (χ3v) is 2.57. The minimum absolute atomic E-state index is 0.0435. The predicted molar refractivity (Wildman–Crippen MR) is 70.7 cm³/mol. The summed E-state index contributed by atoms with van der Waals surface area (Å²) >= 11 is 5.85. The van der Waals surface area contributed by atoms with E-state index in [9.17, 15) is 15.2 Å². The Hall–Kier alpha value is -1.17. The molecule has 0 bridgehead atoms. The molecule has 1 aromatic rings. The molecule has 0 fully saturated rings. The van der Waals surface area contributed by atoms with Crippen molar-refractivity contribution in [2.45, 2.75) is 26.0 Å². The third-order valence-electron chi connectivity index (χ3n) is 2.34. The van der Waals surface area contributed by atoms with Gasteiger partial charge in [0.15, 0.2) is 0 Å². The molecule has 100 valence electrons. The Bertz CT molecular complexity index is 443. The van der Waals surface area contributed by atoms with Crippen LogP contribution in [0.2, 0.25) is 5.02 Å². The van der Waals surface area contributed by atoms with Gasteiger partial charge in [-0.2, -0.15) is 0 Å². The van der Waals surface area contributed by atoms with Gasteiger partial charge in [-0.15, -0.1) is 0 Å². The molecule has 1 rings (SSSR count). The van der Waals surface area contributed by atoms with Crippen molar-refractivity contribution < 1.29 is 10.0 Å². The maximum atomic E-state index is 10.9. The van der Waals surface area contributed by atoms with Crippen LogP contribution in [0.3, 0.4) is 0 Å². The van der Waals surface area contributed by atoms with Gasteiger partial charge in [0.2, 0.25) is 0 Å². The van der Waals surface area contributed by atoms with Crippen LogP contribution in [-0.2, 0) is 6.54 Å². The number of likely N-dealkylation sites (N-methyl/N-ethyl adjacent to an activating group) is 1. The molecule has 0 saturated carbocycles. The number of nitro benzene ring substituents is 1. The highest BCUT2D eigenvalue weighted by atomic mass is 35.5. The molecule has 0 amide bonds. The summed E-state index contributed by atoms with van der Waals surface area (Å²) < 4.78 is 0. The zero-order chi connectivity index (χ0) is 13.9. The van der Waals surface area contributed by atoms with Crippen molar-refractivity contribution in [2.75, 3.05) is 13.6 Å². The van der Waals surface area contributed by atoms with Crippen LogP contribution in [0, 0.1) is 10.1 Å². The number of benzene rings is 1. The van der Waals surface area contributed by atoms with E-state index in [0.29, 0.717) is 23.7 Å². The Morgan fingerprint density at radius 2 is 2.11 bits per heavy atom. The fourth-order valence-electron chi connectivity index (χ4n) is 1.87. The highest BCUT2D eigenvalue weighted by molar-refractivity contribution is 6.30. The first-order valence-corrected chi connectivity index (χ1v) is 5.90. The van der Waals surface area contributed by atoms with E-state index in [1.807, 2.05) is 4.90 Å². The molecule has 0 spiro atoms. The highest BCUT2D eigenvalue weighted by Gasteiger charge is 2.19. The molecular weight excluding hydrogens is 256 g/mol. The smallest absolute Gasteiger partial charge is 0.273 e. The topological polar surface area (TPSA) is 66.6 Å². The molecule has 0 heterocycles. The summed E-state index contributed by atoms with van der Waals surface area (Å²) in [6.45, 7) is 4.16. The van der Waals surface area contributed by atoms with Gasteiger partial charge >= 0.3 is 0 Å². The average Bonchev–Trinajstić information content (AvgIpc) is 2.13. The summed E-state index contributed by atoms with van der Waals surface area (Å²) in [6.07, 6.45) is 0. The Morgan fingerprint density at radius 3 is 2.61 bits per heavy atom. The second-order valence-electron chi connectivity index (χ2n) is 5.01. The van der Waals surface area contributed by atoms with E-state index >= 15 is 0 Å². The summed E-state index contributed by atoms with van der Waals surface area (Å²) in [5.41, 5.74) is -0.261. The lowest BCUT2D eigenvalue weighted by Gasteiger charge is -2.25. The monoisotopic (exact) mass is 272 g/mol. The molecule has 6 heteroatoms. The molecule has 0 radical (unpaired) electrons. The van der Waals surface area contributed by atoms with Gasteiger partial charge in [-0.1, -0.05) is 11.6 Å². The molecule has 0 aromatic heterocycles. The molecule has 0 saturated heterocycles. The van der Waals surface area contributed by atoms with Crippen molar-refractivity contribution in [3.05, 3.63) is 38.9 Å². The number of rotatable bonds is 5. The van der Waals surface area contributed by atoms with Crippen LogP contribution in [0.15, 0.2) is 18.2 Å². The second-order valence-corrected chi connectivity index (χ2v) is 5.45. The number of nitro groups is 1. The second kappa shape index (κ2) is 5.65. The summed E-state index contributed by atoms with van der Waals surface area (Å²) in [5.74, 6) is 0. The van der Waals surface area contributed by atoms with Gasteiger partial charge in [-0.25, -0.2) is 0 Å². The van der Waals surface area contributed by atoms with Crippen molar-refractivity contribution in [3.63, 3.8) is 0 Å². The molecule has 5 nitrogen and oxygen atoms in total. The van der Waals surface area contributed by atoms with Gasteiger partial charge in [-0.05, 0) is 33.0 Å². The first-order valence-electron chi connectivity index (χ1n) is 5.53. The lowest BCUT2D eigenvalue weighted by atomic mass is 10.1. The van der Waals surface area contributed by atoms with Crippen molar-refractivity contribution in [2.24, 2.45) is 0 Å². The predicted octanol–water partition coefficient (Wildman–Crippen LogP) is 2.45. The van der Waals surface area contributed by atoms with Crippen molar-refractivity contribution in [1.29, 1.82) is 0 Å². The fraction of sp³-hybridized carbons (Fsp3) is 0.500. The minimum atomic E-state index is -0.845. The summed E-state index contributed by atoms with van der Waals surface area (Å²) in [5, 5.41) is 21.1. The molecule has 1 N–H and O–H groups in total. The summed E-state index contributed by atoms with van der Waals surface area (Å²) in [4.78, 5) is 12.3. The fourth-order valence-corrected chi connectivity index (χ4v) is 2.06. The molecular formula is C12H17ClN2O3. The largest absolute Gasteiger partial charge is 0.389 e. The molecule has 0 aliphatic heterocycles. The van der Waals surface area contributed by atoms with Gasteiger partial charge in [0.1, 0.15) is 0 Å². The molecule has 1 aromatic carbocycles. The lowest BCUT2D eigenvalue weighted by Crippen LogP contribution is -2.35. The first kappa shape index (κ1) is 14.9. The van der Waals surface area contributed by atoms with Crippen LogP contribution in [0.1, 0.15) is 19.4 Å². The molecule has 0 aliphatic carbocycles. The van der Waals surface area contributed by atoms with Gasteiger partial charge in [-0.3, -0.25) is 15.0 Å². The van der Waals surface area contributed by atoms with E-state index in [-0.39, 0.29) is 5.69 Å². The first-order chi connectivity index (χ1) is 8.19. The Kier molecular flexibility index (Phi) is 4.67. The molecule has 0 unspecified atom stereocenters. The lowest BCUT2D eigenvalue weighted by molar-refractivity contribution is -0.385. The normalized spacial score (nSPS) is 11.9. The number of hydrogen-bond donors (Lipinski definition) is 1. The maximum absolute atomic E-state index is 10.9. The van der Waals surface area contributed by atoms with E-state index in [0.717, 1.165) is 0 Å². The summed E-state index contributed by atoms with van der Waals surface area (Å²) in [6, 6.07) is 4.48. The van der Waals surface area contributed by atoms with Gasteiger partial charge < -0.3 is 5.11 Å². The van der Waals surface area contributed by atoms with Crippen molar-refractivity contribution in [1.82, 2.24) is 4.90 Å². The van der Waals surface area contributed by atoms with E-state index in [1.165, 1.54) is 12.1 Å². The molecule has 18 heavy (non-hydrogen) atoms. The zero-order valence-corrected chi connectivity index (χ0v) is 11.4. The number of halogens is 1. The summed E-state index contributed by atoms with van der Waals surface area (Å²) in [7, 11) is 1.79. The van der Waals surface area contributed by atoms with Crippen LogP contribution in [0.5, 0.6) is 0 Å². The highest BCUT2D eigenvalue weighted by Crippen LogP contribution is 2.24. The van der Waals surface area contributed by atoms with Gasteiger partial charge in [0.25, 0.3) is 5.69 Å². The van der Waals surface area contributed by atoms with Crippen molar-refractivity contribution in [3.8, 4) is 0 Å². The Labute approximate surface area is 111 Å². The van der Waals surface area contributed by atoms with E-state index in [4.69, 9.17) is 11.6 Å². The van der Waals surface area contributed by atoms with E-state index in [1.54, 1.807) is 27.0 Å². The zero-order valence-electron chi connectivity index (χ0n) is 10.7. The van der Waals surface area contributed by atoms with Crippen LogP contribution >= 0.6 is 11.6 Å². The van der Waals surface area contributed by atoms with Gasteiger partial charge in [0, 0.05) is 29.7 Å². The van der Waals surface area contributed by atoms with Gasteiger partial charge in [0.05, 0.1) is 10.5 Å². The van der Waals surface area contributed by atoms with Crippen LogP contribution < -0.4 is 0 Å². The average molecular weight is 273 g/mol. The third kappa shape index (κ3) is 4.60. The minimum Gasteiger partial charge on any atom is -0.389 e. The quantitative estimate of drug-likeness (QED) is 0.660. The van der Waals surface area contributed by atoms with E-state index in [2.05, 4.69) is 0 Å². The SMILES string of the molecule is CN(Cc1cc(Cl)ccc1[N+](=O)[O-])CC(C)(C)O.